The van der Waals surface area contributed by atoms with Crippen LogP contribution in [0, 0.1) is 18.3 Å². The summed E-state index contributed by atoms with van der Waals surface area (Å²) in [5.74, 6) is 0.107. The molecule has 2 aliphatic heterocycles. The molecule has 4 N–H and O–H groups in total. The molecular weight excluding hydrogens is 607 g/mol. The van der Waals surface area contributed by atoms with Gasteiger partial charge in [-0.05, 0) is 30.7 Å². The average molecular weight is 638 g/mol. The Hall–Kier alpha value is -5.21. The molecule has 14 nitrogen and oxygen atoms in total. The van der Waals surface area contributed by atoms with Gasteiger partial charge in [0.1, 0.15) is 6.54 Å². The molecule has 3 amide bonds. The third kappa shape index (κ3) is 6.04. The van der Waals surface area contributed by atoms with Gasteiger partial charge in [-0.2, -0.15) is 23.5 Å². The zero-order valence-electron chi connectivity index (χ0n) is 24.6. The number of carbonyl (C=O) groups excluding carboxylic acids is 2. The summed E-state index contributed by atoms with van der Waals surface area (Å²) in [6, 6.07) is 6.33. The molecule has 0 aliphatic carbocycles. The van der Waals surface area contributed by atoms with Gasteiger partial charge < -0.3 is 30.9 Å². The number of benzene rings is 1. The minimum atomic E-state index is -4.75. The lowest BCUT2D eigenvalue weighted by molar-refractivity contribution is -0.141. The molecule has 2 fully saturated rings. The van der Waals surface area contributed by atoms with Crippen LogP contribution in [0.4, 0.5) is 29.5 Å². The number of fused-ring (bicyclic) bond motifs is 1. The Kier molecular flexibility index (Phi) is 8.23. The lowest BCUT2D eigenvalue weighted by Gasteiger charge is -2.35. The van der Waals surface area contributed by atoms with Gasteiger partial charge in [0.2, 0.25) is 0 Å². The molecule has 17 heteroatoms. The van der Waals surface area contributed by atoms with Crippen molar-refractivity contribution in [3.63, 3.8) is 0 Å². The molecule has 2 atom stereocenters. The maximum Gasteiger partial charge on any atom is 0.435 e. The van der Waals surface area contributed by atoms with E-state index < -0.39 is 18.0 Å². The van der Waals surface area contributed by atoms with E-state index in [0.717, 1.165) is 10.9 Å². The third-order valence-electron chi connectivity index (χ3n) is 8.03. The normalized spacial score (nSPS) is 18.5. The van der Waals surface area contributed by atoms with Gasteiger partial charge in [0.05, 0.1) is 35.7 Å². The van der Waals surface area contributed by atoms with Crippen LogP contribution in [0.2, 0.25) is 0 Å². The van der Waals surface area contributed by atoms with E-state index in [1.807, 2.05) is 0 Å². The minimum absolute atomic E-state index is 0.125. The molecule has 240 valence electrons. The fourth-order valence-corrected chi connectivity index (χ4v) is 5.64. The largest absolute Gasteiger partial charge is 0.435 e. The standard InChI is InChI=1S/C29H30F3N11O3/c1-17-12-18(2-3-19(17)27(45)40-8-10-41(11-9-40)28(46)38-21-13-34-15-23(21)44)37-25-26-36-14-22(43(26)7-5-35-25)20-16-42(6-4-33)39-24(20)29(30,31)32/h2-3,5,7,12,14,16,21,23,34,44H,6,8-11,13,15H2,1H3,(H,35,37)(H,38,46)/t21-,23-/m0/s1. The van der Waals surface area contributed by atoms with Gasteiger partial charge >= 0.3 is 12.2 Å². The van der Waals surface area contributed by atoms with Crippen LogP contribution in [-0.4, -0.2) is 102 Å². The molecule has 0 radical (unpaired) electrons. The number of alkyl halides is 3. The van der Waals surface area contributed by atoms with E-state index in [1.165, 1.54) is 23.0 Å². The van der Waals surface area contributed by atoms with Gasteiger partial charge in [-0.1, -0.05) is 0 Å². The van der Waals surface area contributed by atoms with Crippen molar-refractivity contribution in [3.8, 4) is 17.3 Å². The Morgan fingerprint density at radius 1 is 1.15 bits per heavy atom. The zero-order valence-corrected chi connectivity index (χ0v) is 24.6. The van der Waals surface area contributed by atoms with Crippen LogP contribution in [0.15, 0.2) is 43.0 Å². The zero-order chi connectivity index (χ0) is 32.6. The van der Waals surface area contributed by atoms with Crippen molar-refractivity contribution in [1.29, 1.82) is 5.26 Å². The van der Waals surface area contributed by atoms with Crippen LogP contribution < -0.4 is 16.0 Å². The van der Waals surface area contributed by atoms with Gasteiger partial charge in [0.15, 0.2) is 17.2 Å². The molecule has 3 aromatic heterocycles. The molecule has 0 spiro atoms. The highest BCUT2D eigenvalue weighted by molar-refractivity contribution is 5.96. The number of halogens is 3. The second-order valence-electron chi connectivity index (χ2n) is 11.1. The van der Waals surface area contributed by atoms with E-state index >= 15 is 0 Å². The van der Waals surface area contributed by atoms with E-state index in [4.69, 9.17) is 5.26 Å². The highest BCUT2D eigenvalue weighted by Gasteiger charge is 2.38. The van der Waals surface area contributed by atoms with Crippen molar-refractivity contribution in [1.82, 2.24) is 44.6 Å². The van der Waals surface area contributed by atoms with E-state index in [-0.39, 0.29) is 47.2 Å². The Bertz CT molecular complexity index is 1820. The van der Waals surface area contributed by atoms with E-state index in [2.05, 4.69) is 31.0 Å². The van der Waals surface area contributed by atoms with Crippen molar-refractivity contribution in [2.75, 3.05) is 44.6 Å². The summed E-state index contributed by atoms with van der Waals surface area (Å²) >= 11 is 0. The molecule has 5 heterocycles. The Labute approximate surface area is 260 Å². The van der Waals surface area contributed by atoms with Crippen LogP contribution in [0.3, 0.4) is 0 Å². The van der Waals surface area contributed by atoms with Gasteiger partial charge in [0, 0.05) is 69.1 Å². The number of urea groups is 1. The molecular formula is C29H30F3N11O3. The predicted octanol–water partition coefficient (Wildman–Crippen LogP) is 1.99. The number of imidazole rings is 1. The first-order valence-electron chi connectivity index (χ1n) is 14.5. The quantitative estimate of drug-likeness (QED) is 0.247. The summed E-state index contributed by atoms with van der Waals surface area (Å²) in [4.78, 5) is 37.9. The number of piperazine rings is 1. The number of carbonyl (C=O) groups is 2. The molecule has 2 aliphatic rings. The maximum absolute atomic E-state index is 13.8. The summed E-state index contributed by atoms with van der Waals surface area (Å²) in [5.41, 5.74) is 0.801. The number of hydrogen-bond acceptors (Lipinski definition) is 9. The lowest BCUT2D eigenvalue weighted by Crippen LogP contribution is -2.56. The summed E-state index contributed by atoms with van der Waals surface area (Å²) in [6.07, 6.45) is -0.0229. The minimum Gasteiger partial charge on any atom is -0.390 e. The SMILES string of the molecule is Cc1cc(Nc2nccn3c(-c4cn(CC#N)nc4C(F)(F)F)cnc23)ccc1C(=O)N1CCN(C(=O)N[C@H]2CNC[C@@H]2O)CC1. The number of nitriles is 1. The van der Waals surface area contributed by atoms with Crippen LogP contribution >= 0.6 is 0 Å². The highest BCUT2D eigenvalue weighted by atomic mass is 19.4. The number of aliphatic hydroxyl groups is 1. The smallest absolute Gasteiger partial charge is 0.390 e. The van der Waals surface area contributed by atoms with Crippen LogP contribution in [0.5, 0.6) is 0 Å². The van der Waals surface area contributed by atoms with E-state index in [0.29, 0.717) is 56.1 Å². The van der Waals surface area contributed by atoms with Gasteiger partial charge in [-0.15, -0.1) is 0 Å². The Morgan fingerprint density at radius 2 is 1.91 bits per heavy atom. The number of aliphatic hydroxyl groups excluding tert-OH is 1. The number of β-amino-alcohol motifs (C(OH)–C–C–N with tert-alkyl or cyclic N) is 1. The lowest BCUT2D eigenvalue weighted by atomic mass is 10.1. The summed E-state index contributed by atoms with van der Waals surface area (Å²) in [7, 11) is 0. The molecule has 46 heavy (non-hydrogen) atoms. The van der Waals surface area contributed by atoms with Crippen molar-refractivity contribution in [3.05, 3.63) is 59.8 Å². The van der Waals surface area contributed by atoms with Gasteiger partial charge in [0.25, 0.3) is 5.91 Å². The molecule has 2 saturated heterocycles. The fraction of sp³-hybridized carbons (Fsp3) is 0.379. The van der Waals surface area contributed by atoms with Crippen molar-refractivity contribution >= 4 is 29.1 Å². The van der Waals surface area contributed by atoms with Gasteiger partial charge in [-0.3, -0.25) is 13.9 Å². The number of nitrogens with zero attached hydrogens (tertiary/aromatic N) is 8. The number of nitrogens with one attached hydrogen (secondary N) is 3. The second-order valence-corrected chi connectivity index (χ2v) is 11.1. The van der Waals surface area contributed by atoms with E-state index in [9.17, 15) is 27.9 Å². The van der Waals surface area contributed by atoms with Crippen molar-refractivity contribution in [2.45, 2.75) is 31.8 Å². The first-order chi connectivity index (χ1) is 22.0. The molecule has 1 aromatic carbocycles. The molecule has 0 unspecified atom stereocenters. The van der Waals surface area contributed by atoms with Crippen LogP contribution in [0.1, 0.15) is 21.6 Å². The maximum atomic E-state index is 13.8. The second kappa shape index (κ2) is 12.3. The summed E-state index contributed by atoms with van der Waals surface area (Å²) < 4.78 is 43.7. The third-order valence-corrected chi connectivity index (χ3v) is 8.03. The Balaban J connectivity index is 1.15. The monoisotopic (exact) mass is 637 g/mol. The number of aryl methyl sites for hydroxylation is 1. The molecule has 0 bridgehead atoms. The highest BCUT2D eigenvalue weighted by Crippen LogP contribution is 2.37. The number of aromatic nitrogens is 5. The van der Waals surface area contributed by atoms with Gasteiger partial charge in [-0.25, -0.2) is 14.8 Å². The molecule has 4 aromatic rings. The van der Waals surface area contributed by atoms with E-state index in [1.54, 1.807) is 41.0 Å². The van der Waals surface area contributed by atoms with Crippen molar-refractivity contribution < 1.29 is 27.9 Å². The summed E-state index contributed by atoms with van der Waals surface area (Å²) in [6.45, 7) is 3.82. The first-order valence-corrected chi connectivity index (χ1v) is 14.5. The predicted molar refractivity (Wildman–Crippen MR) is 158 cm³/mol. The average Bonchev–Trinajstić information content (AvgIpc) is 3.76. The first kappa shape index (κ1) is 30.8. The number of hydrogen-bond donors (Lipinski definition) is 4. The number of anilines is 2. The van der Waals surface area contributed by atoms with Crippen LogP contribution in [0.25, 0.3) is 16.9 Å². The molecule has 6 rings (SSSR count). The Morgan fingerprint density at radius 3 is 2.59 bits per heavy atom. The molecule has 0 saturated carbocycles. The number of rotatable bonds is 6. The summed E-state index contributed by atoms with van der Waals surface area (Å²) in [5, 5.41) is 31.4. The topological polar surface area (TPSA) is 169 Å². The fourth-order valence-electron chi connectivity index (χ4n) is 5.64. The van der Waals surface area contributed by atoms with Crippen molar-refractivity contribution in [2.24, 2.45) is 0 Å². The van der Waals surface area contributed by atoms with Crippen LogP contribution in [-0.2, 0) is 12.7 Å². The number of amides is 3.